The molecular weight excluding hydrogens is 258 g/mol. The van der Waals surface area contributed by atoms with Crippen LogP contribution in [0.15, 0.2) is 28.2 Å². The predicted octanol–water partition coefficient (Wildman–Crippen LogP) is 2.10. The summed E-state index contributed by atoms with van der Waals surface area (Å²) in [6.45, 7) is 0. The first-order valence-electron chi connectivity index (χ1n) is 4.81. The minimum absolute atomic E-state index is 0.0441. The molecule has 90 valence electrons. The number of nitrogens with one attached hydrogen (secondary N) is 1. The Kier molecular flexibility index (Phi) is 2.38. The number of hydrogen-bond donors (Lipinski definition) is 1. The van der Waals surface area contributed by atoms with Gasteiger partial charge in [0, 0.05) is 0 Å². The molecule has 0 aliphatic rings. The molecule has 0 aliphatic heterocycles. The number of nitro groups is 1. The van der Waals surface area contributed by atoms with E-state index in [1.54, 1.807) is 0 Å². The van der Waals surface area contributed by atoms with E-state index in [0.717, 1.165) is 11.1 Å². The van der Waals surface area contributed by atoms with Gasteiger partial charge in [-0.2, -0.15) is 10.1 Å². The van der Waals surface area contributed by atoms with Gasteiger partial charge in [-0.25, -0.2) is 0 Å². The number of aromatic amines is 1. The topological polar surface area (TPSA) is 111 Å². The van der Waals surface area contributed by atoms with E-state index >= 15 is 0 Å². The highest BCUT2D eigenvalue weighted by Gasteiger charge is 2.23. The standard InChI is InChI=1S/C9H5N5O3S/c15-14(16)5-4-10-12-7(5)9-11-8(13-17-9)6-2-1-3-18-6/h1-4H,(H,10,12). The quantitative estimate of drug-likeness (QED) is 0.572. The number of aromatic nitrogens is 4. The zero-order valence-corrected chi connectivity index (χ0v) is 9.55. The first-order chi connectivity index (χ1) is 8.75. The van der Waals surface area contributed by atoms with Crippen LogP contribution >= 0.6 is 11.3 Å². The molecule has 0 saturated heterocycles. The summed E-state index contributed by atoms with van der Waals surface area (Å²) in [5, 5.41) is 22.5. The second kappa shape index (κ2) is 4.04. The molecule has 0 atom stereocenters. The lowest BCUT2D eigenvalue weighted by Gasteiger charge is -1.87. The van der Waals surface area contributed by atoms with Crippen molar-refractivity contribution >= 4 is 17.0 Å². The fraction of sp³-hybridized carbons (Fsp3) is 0. The first-order valence-corrected chi connectivity index (χ1v) is 5.69. The number of H-pyrrole nitrogens is 1. The summed E-state index contributed by atoms with van der Waals surface area (Å²) in [4.78, 5) is 15.1. The van der Waals surface area contributed by atoms with Crippen LogP contribution in [0.2, 0.25) is 0 Å². The Morgan fingerprint density at radius 2 is 2.39 bits per heavy atom. The number of rotatable bonds is 3. The van der Waals surface area contributed by atoms with Crippen LogP contribution in [0.3, 0.4) is 0 Å². The van der Waals surface area contributed by atoms with E-state index in [4.69, 9.17) is 4.52 Å². The Labute approximate surface area is 103 Å². The SMILES string of the molecule is O=[N+]([O-])c1cn[nH]c1-c1nc(-c2cccs2)no1. The van der Waals surface area contributed by atoms with Crippen LogP contribution < -0.4 is 0 Å². The van der Waals surface area contributed by atoms with Gasteiger partial charge in [0.25, 0.3) is 5.89 Å². The molecule has 0 spiro atoms. The number of hydrogen-bond acceptors (Lipinski definition) is 7. The molecule has 18 heavy (non-hydrogen) atoms. The van der Waals surface area contributed by atoms with Crippen LogP contribution in [0, 0.1) is 10.1 Å². The average molecular weight is 263 g/mol. The van der Waals surface area contributed by atoms with Gasteiger partial charge < -0.3 is 4.52 Å². The Hall–Kier alpha value is -2.55. The van der Waals surface area contributed by atoms with E-state index in [1.807, 2.05) is 17.5 Å². The van der Waals surface area contributed by atoms with Crippen LogP contribution in [0.4, 0.5) is 5.69 Å². The molecular formula is C9H5N5O3S. The smallest absolute Gasteiger partial charge is 0.319 e. The number of nitrogens with zero attached hydrogens (tertiary/aromatic N) is 4. The van der Waals surface area contributed by atoms with Crippen molar-refractivity contribution in [2.75, 3.05) is 0 Å². The summed E-state index contributed by atoms with van der Waals surface area (Å²) in [5.74, 6) is 0.437. The molecule has 0 bridgehead atoms. The van der Waals surface area contributed by atoms with Crippen LogP contribution in [0.25, 0.3) is 22.3 Å². The summed E-state index contributed by atoms with van der Waals surface area (Å²) in [6, 6.07) is 3.69. The lowest BCUT2D eigenvalue weighted by Crippen LogP contribution is -1.89. The monoisotopic (exact) mass is 263 g/mol. The van der Waals surface area contributed by atoms with E-state index in [9.17, 15) is 10.1 Å². The maximum absolute atomic E-state index is 10.7. The van der Waals surface area contributed by atoms with E-state index in [2.05, 4.69) is 20.3 Å². The Morgan fingerprint density at radius 3 is 3.11 bits per heavy atom. The fourth-order valence-corrected chi connectivity index (χ4v) is 2.06. The molecule has 3 rings (SSSR count). The highest BCUT2D eigenvalue weighted by Crippen LogP contribution is 2.28. The zero-order chi connectivity index (χ0) is 12.5. The maximum Gasteiger partial charge on any atom is 0.319 e. The van der Waals surface area contributed by atoms with Gasteiger partial charge in [-0.05, 0) is 11.4 Å². The first kappa shape index (κ1) is 10.6. The Balaban J connectivity index is 2.03. The van der Waals surface area contributed by atoms with Crippen molar-refractivity contribution < 1.29 is 9.45 Å². The molecule has 0 aliphatic carbocycles. The molecule has 9 heteroatoms. The fourth-order valence-electron chi connectivity index (χ4n) is 1.41. The van der Waals surface area contributed by atoms with Crippen molar-refractivity contribution in [3.05, 3.63) is 33.8 Å². The summed E-state index contributed by atoms with van der Waals surface area (Å²) >= 11 is 1.45. The molecule has 1 N–H and O–H groups in total. The summed E-state index contributed by atoms with van der Waals surface area (Å²) in [6.07, 6.45) is 1.10. The third-order valence-electron chi connectivity index (χ3n) is 2.20. The summed E-state index contributed by atoms with van der Waals surface area (Å²) in [5.41, 5.74) is -0.0910. The third-order valence-corrected chi connectivity index (χ3v) is 3.06. The van der Waals surface area contributed by atoms with Gasteiger partial charge in [0.1, 0.15) is 6.20 Å². The van der Waals surface area contributed by atoms with Crippen molar-refractivity contribution in [2.45, 2.75) is 0 Å². The van der Waals surface area contributed by atoms with Gasteiger partial charge in [0.15, 0.2) is 0 Å². The lowest BCUT2D eigenvalue weighted by molar-refractivity contribution is -0.384. The second-order valence-electron chi connectivity index (χ2n) is 3.29. The Bertz CT molecular complexity index is 687. The van der Waals surface area contributed by atoms with Gasteiger partial charge in [-0.1, -0.05) is 11.2 Å². The van der Waals surface area contributed by atoms with Crippen LogP contribution in [0.5, 0.6) is 0 Å². The van der Waals surface area contributed by atoms with Gasteiger partial charge in [-0.15, -0.1) is 11.3 Å². The van der Waals surface area contributed by atoms with Gasteiger partial charge >= 0.3 is 5.69 Å². The van der Waals surface area contributed by atoms with Crippen molar-refractivity contribution in [1.29, 1.82) is 0 Å². The predicted molar refractivity (Wildman–Crippen MR) is 61.8 cm³/mol. The van der Waals surface area contributed by atoms with Crippen molar-refractivity contribution in [3.8, 4) is 22.3 Å². The normalized spacial score (nSPS) is 10.7. The third kappa shape index (κ3) is 1.66. The van der Waals surface area contributed by atoms with E-state index in [1.165, 1.54) is 11.3 Å². The van der Waals surface area contributed by atoms with Crippen molar-refractivity contribution in [1.82, 2.24) is 20.3 Å². The van der Waals surface area contributed by atoms with Gasteiger partial charge in [0.05, 0.1) is 9.80 Å². The molecule has 0 saturated carbocycles. The van der Waals surface area contributed by atoms with Crippen LogP contribution in [-0.2, 0) is 0 Å². The Morgan fingerprint density at radius 1 is 1.50 bits per heavy atom. The molecule has 0 fully saturated rings. The number of thiophene rings is 1. The summed E-state index contributed by atoms with van der Waals surface area (Å²) < 4.78 is 4.99. The maximum atomic E-state index is 10.7. The summed E-state index contributed by atoms with van der Waals surface area (Å²) in [7, 11) is 0. The second-order valence-corrected chi connectivity index (χ2v) is 4.24. The molecule has 3 aromatic heterocycles. The lowest BCUT2D eigenvalue weighted by atomic mass is 10.4. The zero-order valence-electron chi connectivity index (χ0n) is 8.73. The molecule has 0 amide bonds. The van der Waals surface area contributed by atoms with Crippen molar-refractivity contribution in [2.24, 2.45) is 0 Å². The largest absolute Gasteiger partial charge is 0.332 e. The molecule has 8 nitrogen and oxygen atoms in total. The van der Waals surface area contributed by atoms with E-state index < -0.39 is 4.92 Å². The molecule has 0 radical (unpaired) electrons. The minimum atomic E-state index is -0.562. The molecule has 0 unspecified atom stereocenters. The highest BCUT2D eigenvalue weighted by atomic mass is 32.1. The molecule has 3 aromatic rings. The molecule has 0 aromatic carbocycles. The van der Waals surface area contributed by atoms with E-state index in [-0.39, 0.29) is 17.3 Å². The van der Waals surface area contributed by atoms with E-state index in [0.29, 0.717) is 5.82 Å². The van der Waals surface area contributed by atoms with Gasteiger partial charge in [0.2, 0.25) is 11.5 Å². The van der Waals surface area contributed by atoms with Gasteiger partial charge in [-0.3, -0.25) is 15.2 Å². The van der Waals surface area contributed by atoms with Crippen LogP contribution in [0.1, 0.15) is 0 Å². The minimum Gasteiger partial charge on any atom is -0.332 e. The van der Waals surface area contributed by atoms with Crippen LogP contribution in [-0.4, -0.2) is 25.3 Å². The highest BCUT2D eigenvalue weighted by molar-refractivity contribution is 7.13. The van der Waals surface area contributed by atoms with Crippen molar-refractivity contribution in [3.63, 3.8) is 0 Å². The molecule has 3 heterocycles. The average Bonchev–Trinajstić information content (AvgIpc) is 3.10.